The number of para-hydroxylation sites is 1. The number of ketones is 1. The molecule has 0 radical (unpaired) electrons. The van der Waals surface area contributed by atoms with Crippen LogP contribution in [0.2, 0.25) is 5.82 Å². The predicted octanol–water partition coefficient (Wildman–Crippen LogP) is 2.87. The molecular weight excluding hydrogens is 533 g/mol. The van der Waals surface area contributed by atoms with E-state index in [0.717, 1.165) is 59.5 Å². The molecule has 11 nitrogen and oxygen atoms in total. The molecule has 1 unspecified atom stereocenters. The van der Waals surface area contributed by atoms with Crippen LogP contribution in [0.3, 0.4) is 0 Å². The van der Waals surface area contributed by atoms with Crippen molar-refractivity contribution in [3.63, 3.8) is 0 Å². The molecule has 4 N–H and O–H groups in total. The first-order valence-electron chi connectivity index (χ1n) is 13.8. The highest BCUT2D eigenvalue weighted by atomic mass is 32.1. The van der Waals surface area contributed by atoms with Crippen LogP contribution in [0.5, 0.6) is 5.75 Å². The molecule has 2 aliphatic heterocycles. The van der Waals surface area contributed by atoms with Crippen LogP contribution in [-0.4, -0.2) is 70.2 Å². The zero-order valence-corrected chi connectivity index (χ0v) is 23.7. The summed E-state index contributed by atoms with van der Waals surface area (Å²) in [4.78, 5) is 58.7. The van der Waals surface area contributed by atoms with Gasteiger partial charge in [0.25, 0.3) is 0 Å². The highest BCUT2D eigenvalue weighted by Gasteiger charge is 2.41. The lowest BCUT2D eigenvalue weighted by Gasteiger charge is -2.33. The van der Waals surface area contributed by atoms with Gasteiger partial charge in [0.1, 0.15) is 11.8 Å². The van der Waals surface area contributed by atoms with Gasteiger partial charge in [-0.15, -0.1) is 11.3 Å². The van der Waals surface area contributed by atoms with E-state index in [0.29, 0.717) is 18.7 Å². The SMILES string of the molecule is CCCCCCCN1CCN(C(=O)NC(C(=O)C[C@H]2Cc3cccc(C)c3OB2O)c2csc(N)n2)C(=O)C1=O. The van der Waals surface area contributed by atoms with Crippen molar-refractivity contribution < 1.29 is 28.9 Å². The number of aromatic nitrogens is 1. The summed E-state index contributed by atoms with van der Waals surface area (Å²) in [7, 11) is -1.20. The molecule has 2 aromatic rings. The number of urea groups is 1. The van der Waals surface area contributed by atoms with Crippen LogP contribution >= 0.6 is 11.3 Å². The lowest BCUT2D eigenvalue weighted by atomic mass is 9.64. The molecule has 0 bridgehead atoms. The van der Waals surface area contributed by atoms with E-state index in [4.69, 9.17) is 10.4 Å². The number of aryl methyl sites for hydroxylation is 1. The minimum atomic E-state index is -1.22. The van der Waals surface area contributed by atoms with Crippen LogP contribution < -0.4 is 15.7 Å². The van der Waals surface area contributed by atoms with Crippen molar-refractivity contribution in [3.05, 3.63) is 40.4 Å². The topological polar surface area (TPSA) is 155 Å². The first kappa shape index (κ1) is 29.5. The van der Waals surface area contributed by atoms with Gasteiger partial charge in [-0.25, -0.2) is 9.78 Å². The number of hydrogen-bond acceptors (Lipinski definition) is 9. The van der Waals surface area contributed by atoms with Crippen LogP contribution in [0, 0.1) is 6.92 Å². The normalized spacial score (nSPS) is 17.9. The van der Waals surface area contributed by atoms with E-state index in [1.54, 1.807) is 5.38 Å². The fraction of sp³-hybridized carbons (Fsp3) is 0.519. The number of Topliss-reactive ketones (excluding diaryl/α,β-unsaturated/α-hetero) is 1. The predicted molar refractivity (Wildman–Crippen MR) is 152 cm³/mol. The molecule has 4 amide bonds. The standard InChI is InChI=1S/C27H36BN5O6S/c1-3-4-5-6-7-11-32-12-13-33(25(36)24(32)35)27(37)31-22(20-16-40-26(29)30-20)21(34)15-19-14-18-10-8-9-17(2)23(18)39-28(19)38/h8-10,16,19,22,38H,3-7,11-15H2,1-2H3,(H2,29,30)(H,31,37)/t19-,22?/m1/s1. The molecule has 40 heavy (non-hydrogen) atoms. The van der Waals surface area contributed by atoms with Gasteiger partial charge in [0.15, 0.2) is 10.9 Å². The Kier molecular flexibility index (Phi) is 9.80. The summed E-state index contributed by atoms with van der Waals surface area (Å²) in [6.07, 6.45) is 5.40. The molecule has 2 atom stereocenters. The quantitative estimate of drug-likeness (QED) is 0.212. The number of fused-ring (bicyclic) bond motifs is 1. The van der Waals surface area contributed by atoms with Crippen molar-refractivity contribution in [2.24, 2.45) is 0 Å². The molecule has 0 saturated carbocycles. The molecule has 13 heteroatoms. The number of nitrogens with one attached hydrogen (secondary N) is 1. The Hall–Kier alpha value is -3.45. The van der Waals surface area contributed by atoms with Crippen LogP contribution in [0.25, 0.3) is 0 Å². The first-order valence-corrected chi connectivity index (χ1v) is 14.7. The number of amides is 4. The van der Waals surface area contributed by atoms with Crippen molar-refractivity contribution >= 4 is 47.2 Å². The average Bonchev–Trinajstić information content (AvgIpc) is 3.36. The van der Waals surface area contributed by atoms with Gasteiger partial charge >= 0.3 is 25.0 Å². The van der Waals surface area contributed by atoms with E-state index in [9.17, 15) is 24.2 Å². The third-order valence-corrected chi connectivity index (χ3v) is 8.08. The zero-order valence-electron chi connectivity index (χ0n) is 22.9. The zero-order chi connectivity index (χ0) is 28.8. The number of anilines is 1. The number of piperazine rings is 1. The molecule has 3 heterocycles. The Labute approximate surface area is 238 Å². The summed E-state index contributed by atoms with van der Waals surface area (Å²) in [6.45, 7) is 4.74. The van der Waals surface area contributed by atoms with Crippen molar-refractivity contribution in [3.8, 4) is 5.75 Å². The molecule has 0 spiro atoms. The third kappa shape index (κ3) is 6.82. The Morgan fingerprint density at radius 1 is 1.23 bits per heavy atom. The largest absolute Gasteiger partial charge is 0.536 e. The Balaban J connectivity index is 1.41. The Morgan fingerprint density at radius 3 is 2.73 bits per heavy atom. The molecule has 1 saturated heterocycles. The van der Waals surface area contributed by atoms with Crippen LogP contribution in [0.15, 0.2) is 23.6 Å². The number of carbonyl (C=O) groups is 4. The summed E-state index contributed by atoms with van der Waals surface area (Å²) in [5.74, 6) is -2.02. The molecule has 1 aromatic heterocycles. The molecule has 0 aliphatic carbocycles. The number of hydrogen-bond donors (Lipinski definition) is 3. The lowest BCUT2D eigenvalue weighted by Crippen LogP contribution is -2.59. The van der Waals surface area contributed by atoms with Gasteiger partial charge in [0.2, 0.25) is 0 Å². The summed E-state index contributed by atoms with van der Waals surface area (Å²) in [5, 5.41) is 15.0. The van der Waals surface area contributed by atoms with Crippen LogP contribution in [0.4, 0.5) is 9.93 Å². The number of rotatable bonds is 11. The lowest BCUT2D eigenvalue weighted by molar-refractivity contribution is -0.153. The molecule has 1 fully saturated rings. The van der Waals surface area contributed by atoms with Gasteiger partial charge in [-0.2, -0.15) is 0 Å². The highest BCUT2D eigenvalue weighted by molar-refractivity contribution is 7.13. The maximum absolute atomic E-state index is 13.5. The molecular formula is C27H36BN5O6S. The number of imide groups is 1. The fourth-order valence-corrected chi connectivity index (χ4v) is 5.72. The highest BCUT2D eigenvalue weighted by Crippen LogP contribution is 2.37. The van der Waals surface area contributed by atoms with Gasteiger partial charge in [-0.3, -0.25) is 19.3 Å². The smallest absolute Gasteiger partial charge is 0.526 e. The van der Waals surface area contributed by atoms with E-state index >= 15 is 0 Å². The third-order valence-electron chi connectivity index (χ3n) is 7.39. The van der Waals surface area contributed by atoms with Gasteiger partial charge < -0.3 is 25.6 Å². The number of nitrogen functional groups attached to an aromatic ring is 1. The van der Waals surface area contributed by atoms with E-state index < -0.39 is 42.6 Å². The number of carbonyl (C=O) groups excluding carboxylic acids is 4. The molecule has 214 valence electrons. The number of thiazole rings is 1. The second-order valence-electron chi connectivity index (χ2n) is 10.4. The minimum Gasteiger partial charge on any atom is -0.536 e. The van der Waals surface area contributed by atoms with Crippen LogP contribution in [-0.2, 0) is 20.8 Å². The maximum Gasteiger partial charge on any atom is 0.526 e. The van der Waals surface area contributed by atoms with Gasteiger partial charge in [0.05, 0.1) is 5.69 Å². The van der Waals surface area contributed by atoms with Crippen molar-refractivity contribution in [2.75, 3.05) is 25.4 Å². The van der Waals surface area contributed by atoms with E-state index in [1.807, 2.05) is 25.1 Å². The summed E-state index contributed by atoms with van der Waals surface area (Å²) < 4.78 is 5.71. The second-order valence-corrected chi connectivity index (χ2v) is 11.3. The van der Waals surface area contributed by atoms with Gasteiger partial charge in [-0.05, 0) is 30.9 Å². The van der Waals surface area contributed by atoms with Gasteiger partial charge in [-0.1, -0.05) is 50.8 Å². The molecule has 2 aliphatic rings. The number of nitrogens with two attached hydrogens (primary N) is 1. The fourth-order valence-electron chi connectivity index (χ4n) is 5.13. The van der Waals surface area contributed by atoms with Crippen molar-refractivity contribution in [2.45, 2.75) is 70.7 Å². The average molecular weight is 569 g/mol. The van der Waals surface area contributed by atoms with E-state index in [2.05, 4.69) is 17.2 Å². The summed E-state index contributed by atoms with van der Waals surface area (Å²) >= 11 is 1.11. The molecule has 4 rings (SSSR count). The molecule has 1 aromatic carbocycles. The summed E-state index contributed by atoms with van der Waals surface area (Å²) in [6, 6.07) is 3.59. The van der Waals surface area contributed by atoms with Crippen molar-refractivity contribution in [1.29, 1.82) is 0 Å². The second kappa shape index (κ2) is 13.3. The number of unbranched alkanes of at least 4 members (excludes halogenated alkanes) is 4. The number of benzene rings is 1. The minimum absolute atomic E-state index is 0.0246. The van der Waals surface area contributed by atoms with Crippen LogP contribution in [0.1, 0.15) is 68.3 Å². The monoisotopic (exact) mass is 569 g/mol. The van der Waals surface area contributed by atoms with E-state index in [-0.39, 0.29) is 30.3 Å². The Bertz CT molecular complexity index is 1260. The summed E-state index contributed by atoms with van der Waals surface area (Å²) in [5.41, 5.74) is 7.80. The first-order chi connectivity index (χ1) is 19.2. The Morgan fingerprint density at radius 2 is 2.00 bits per heavy atom. The van der Waals surface area contributed by atoms with Gasteiger partial charge in [0, 0.05) is 37.3 Å². The van der Waals surface area contributed by atoms with Crippen molar-refractivity contribution in [1.82, 2.24) is 20.1 Å². The number of nitrogens with zero attached hydrogens (tertiary/aromatic N) is 3. The van der Waals surface area contributed by atoms with E-state index in [1.165, 1.54) is 4.90 Å². The maximum atomic E-state index is 13.5.